The maximum Gasteiger partial charge on any atom is 0.319 e. The smallest absolute Gasteiger partial charge is 0.319 e. The third-order valence-corrected chi connectivity index (χ3v) is 2.76. The van der Waals surface area contributed by atoms with Gasteiger partial charge in [-0.05, 0) is 6.07 Å². The summed E-state index contributed by atoms with van der Waals surface area (Å²) in [4.78, 5) is 21.7. The molecule has 0 aliphatic rings. The molecule has 1 amide bonds. The van der Waals surface area contributed by atoms with Gasteiger partial charge in [-0.3, -0.25) is 20.0 Å². The summed E-state index contributed by atoms with van der Waals surface area (Å²) >= 11 is 0. The molecule has 0 spiro atoms. The summed E-state index contributed by atoms with van der Waals surface area (Å²) in [6.45, 7) is -0.296. The molecule has 0 saturated carbocycles. The summed E-state index contributed by atoms with van der Waals surface area (Å²) < 4.78 is 13.4. The van der Waals surface area contributed by atoms with Gasteiger partial charge in [-0.15, -0.1) is 0 Å². The maximum absolute atomic E-state index is 13.4. The summed E-state index contributed by atoms with van der Waals surface area (Å²) in [6.07, 6.45) is -0.362. The predicted octanol–water partition coefficient (Wildman–Crippen LogP) is 0.920. The quantitative estimate of drug-likeness (QED) is 0.559. The molecule has 1 heterocycles. The van der Waals surface area contributed by atoms with Gasteiger partial charge in [-0.25, -0.2) is 4.39 Å². The van der Waals surface area contributed by atoms with Crippen LogP contribution in [0.5, 0.6) is 0 Å². The lowest BCUT2D eigenvalue weighted by Gasteiger charge is -2.12. The van der Waals surface area contributed by atoms with Gasteiger partial charge in [0, 0.05) is 12.1 Å². The number of H-pyrrole nitrogens is 1. The Labute approximate surface area is 117 Å². The van der Waals surface area contributed by atoms with E-state index >= 15 is 0 Å². The SMILES string of the molecule is O=C(NCC(O)c1ccccc1F)c1[nH]ncc1[N+](=O)[O-]. The van der Waals surface area contributed by atoms with Crippen LogP contribution in [0, 0.1) is 15.9 Å². The lowest BCUT2D eigenvalue weighted by atomic mass is 10.1. The highest BCUT2D eigenvalue weighted by atomic mass is 19.1. The van der Waals surface area contributed by atoms with E-state index in [1.807, 2.05) is 0 Å². The first-order chi connectivity index (χ1) is 10.0. The van der Waals surface area contributed by atoms with Gasteiger partial charge >= 0.3 is 5.69 Å². The molecule has 8 nitrogen and oxygen atoms in total. The summed E-state index contributed by atoms with van der Waals surface area (Å²) in [6, 6.07) is 5.58. The number of hydrogen-bond donors (Lipinski definition) is 3. The first-order valence-corrected chi connectivity index (χ1v) is 5.89. The summed E-state index contributed by atoms with van der Waals surface area (Å²) in [5, 5.41) is 28.4. The standard InChI is InChI=1S/C12H11FN4O4/c13-8-4-2-1-3-7(8)10(18)6-14-12(19)11-9(17(20)21)5-15-16-11/h1-5,10,18H,6H2,(H,14,19)(H,15,16). The van der Waals surface area contributed by atoms with E-state index < -0.39 is 28.4 Å². The van der Waals surface area contributed by atoms with Gasteiger partial charge in [-0.2, -0.15) is 5.10 Å². The first kappa shape index (κ1) is 14.6. The Morgan fingerprint density at radius 2 is 2.24 bits per heavy atom. The molecule has 1 atom stereocenters. The minimum atomic E-state index is -1.27. The van der Waals surface area contributed by atoms with Crippen LogP contribution in [-0.4, -0.2) is 32.7 Å². The average Bonchev–Trinajstić information content (AvgIpc) is 2.94. The number of aliphatic hydroxyl groups is 1. The van der Waals surface area contributed by atoms with E-state index in [0.717, 1.165) is 6.20 Å². The second-order valence-electron chi connectivity index (χ2n) is 4.13. The molecular formula is C12H11FN4O4. The first-order valence-electron chi connectivity index (χ1n) is 5.89. The van der Waals surface area contributed by atoms with Gasteiger partial charge in [-0.1, -0.05) is 18.2 Å². The van der Waals surface area contributed by atoms with E-state index in [4.69, 9.17) is 0 Å². The Morgan fingerprint density at radius 3 is 2.90 bits per heavy atom. The molecular weight excluding hydrogens is 283 g/mol. The van der Waals surface area contributed by atoms with Crippen LogP contribution in [0.4, 0.5) is 10.1 Å². The van der Waals surface area contributed by atoms with E-state index in [-0.39, 0.29) is 17.8 Å². The topological polar surface area (TPSA) is 121 Å². The van der Waals surface area contributed by atoms with E-state index in [1.165, 1.54) is 18.2 Å². The van der Waals surface area contributed by atoms with Crippen molar-refractivity contribution in [3.63, 3.8) is 0 Å². The second kappa shape index (κ2) is 6.09. The molecule has 21 heavy (non-hydrogen) atoms. The number of aliphatic hydroxyl groups excluding tert-OH is 1. The van der Waals surface area contributed by atoms with Gasteiger partial charge < -0.3 is 10.4 Å². The van der Waals surface area contributed by atoms with E-state index in [0.29, 0.717) is 0 Å². The highest BCUT2D eigenvalue weighted by molar-refractivity contribution is 5.95. The second-order valence-corrected chi connectivity index (χ2v) is 4.13. The van der Waals surface area contributed by atoms with Crippen molar-refractivity contribution < 1.29 is 19.2 Å². The summed E-state index contributed by atoms with van der Waals surface area (Å²) in [5.41, 5.74) is -0.787. The number of nitrogens with zero attached hydrogens (tertiary/aromatic N) is 2. The number of rotatable bonds is 5. The minimum Gasteiger partial charge on any atom is -0.386 e. The monoisotopic (exact) mass is 294 g/mol. The molecule has 1 aromatic heterocycles. The number of halogens is 1. The van der Waals surface area contributed by atoms with Crippen molar-refractivity contribution in [1.29, 1.82) is 0 Å². The number of aromatic amines is 1. The van der Waals surface area contributed by atoms with Crippen LogP contribution in [0.2, 0.25) is 0 Å². The third kappa shape index (κ3) is 3.20. The van der Waals surface area contributed by atoms with Crippen molar-refractivity contribution in [3.05, 3.63) is 57.7 Å². The van der Waals surface area contributed by atoms with Crippen molar-refractivity contribution in [2.45, 2.75) is 6.10 Å². The molecule has 0 saturated heterocycles. The Balaban J connectivity index is 2.03. The Kier molecular flexibility index (Phi) is 4.24. The molecule has 0 fully saturated rings. The number of benzene rings is 1. The lowest BCUT2D eigenvalue weighted by molar-refractivity contribution is -0.385. The number of aromatic nitrogens is 2. The van der Waals surface area contributed by atoms with Crippen LogP contribution in [0.15, 0.2) is 30.5 Å². The van der Waals surface area contributed by atoms with Gasteiger partial charge in [0.05, 0.1) is 11.0 Å². The third-order valence-electron chi connectivity index (χ3n) is 2.76. The lowest BCUT2D eigenvalue weighted by Crippen LogP contribution is -2.29. The van der Waals surface area contributed by atoms with Crippen molar-refractivity contribution in [1.82, 2.24) is 15.5 Å². The van der Waals surface area contributed by atoms with Crippen LogP contribution >= 0.6 is 0 Å². The normalized spacial score (nSPS) is 11.9. The number of nitrogens with one attached hydrogen (secondary N) is 2. The zero-order valence-electron chi connectivity index (χ0n) is 10.6. The molecule has 3 N–H and O–H groups in total. The van der Waals surface area contributed by atoms with Crippen molar-refractivity contribution >= 4 is 11.6 Å². The molecule has 1 unspecified atom stereocenters. The Bertz CT molecular complexity index is 673. The van der Waals surface area contributed by atoms with Crippen molar-refractivity contribution in [2.75, 3.05) is 6.54 Å². The molecule has 2 aromatic rings. The Morgan fingerprint density at radius 1 is 1.52 bits per heavy atom. The summed E-state index contributed by atoms with van der Waals surface area (Å²) in [5.74, 6) is -1.42. The Hall–Kier alpha value is -2.81. The predicted molar refractivity (Wildman–Crippen MR) is 68.9 cm³/mol. The van der Waals surface area contributed by atoms with Crippen LogP contribution in [0.25, 0.3) is 0 Å². The number of hydrogen-bond acceptors (Lipinski definition) is 5. The highest BCUT2D eigenvalue weighted by Gasteiger charge is 2.23. The van der Waals surface area contributed by atoms with Gasteiger partial charge in [0.2, 0.25) is 5.69 Å². The molecule has 110 valence electrons. The fraction of sp³-hybridized carbons (Fsp3) is 0.167. The summed E-state index contributed by atoms with van der Waals surface area (Å²) in [7, 11) is 0. The van der Waals surface area contributed by atoms with Crippen LogP contribution in [0.1, 0.15) is 22.2 Å². The molecule has 0 bridgehead atoms. The maximum atomic E-state index is 13.4. The zero-order valence-corrected chi connectivity index (χ0v) is 10.6. The number of carbonyl (C=O) groups excluding carboxylic acids is 1. The zero-order chi connectivity index (χ0) is 15.4. The van der Waals surface area contributed by atoms with Crippen LogP contribution in [0.3, 0.4) is 0 Å². The fourth-order valence-electron chi connectivity index (χ4n) is 1.72. The molecule has 1 aromatic carbocycles. The van der Waals surface area contributed by atoms with Crippen molar-refractivity contribution in [2.24, 2.45) is 0 Å². The molecule has 9 heteroatoms. The highest BCUT2D eigenvalue weighted by Crippen LogP contribution is 2.17. The largest absolute Gasteiger partial charge is 0.386 e. The number of nitro groups is 1. The molecule has 0 aliphatic carbocycles. The van der Waals surface area contributed by atoms with E-state index in [2.05, 4.69) is 15.5 Å². The van der Waals surface area contributed by atoms with Crippen LogP contribution < -0.4 is 5.32 Å². The van der Waals surface area contributed by atoms with E-state index in [9.17, 15) is 24.4 Å². The molecule has 2 rings (SSSR count). The van der Waals surface area contributed by atoms with E-state index in [1.54, 1.807) is 6.07 Å². The minimum absolute atomic E-state index is 0.0249. The van der Waals surface area contributed by atoms with Gasteiger partial charge in [0.1, 0.15) is 12.0 Å². The fourth-order valence-corrected chi connectivity index (χ4v) is 1.72. The molecule has 0 aliphatic heterocycles. The molecule has 0 radical (unpaired) electrons. The van der Waals surface area contributed by atoms with Crippen LogP contribution in [-0.2, 0) is 0 Å². The van der Waals surface area contributed by atoms with Gasteiger partial charge in [0.15, 0.2) is 0 Å². The van der Waals surface area contributed by atoms with Crippen molar-refractivity contribution in [3.8, 4) is 0 Å². The average molecular weight is 294 g/mol. The number of amides is 1. The van der Waals surface area contributed by atoms with Gasteiger partial charge in [0.25, 0.3) is 5.91 Å². The number of carbonyl (C=O) groups is 1.